The predicted octanol–water partition coefficient (Wildman–Crippen LogP) is 2.58. The highest BCUT2D eigenvalue weighted by Gasteiger charge is 2.23. The lowest BCUT2D eigenvalue weighted by Crippen LogP contribution is -2.38. The lowest BCUT2D eigenvalue weighted by molar-refractivity contribution is 0.140. The molecule has 2 N–H and O–H groups in total. The lowest BCUT2D eigenvalue weighted by Gasteiger charge is -2.28. The van der Waals surface area contributed by atoms with Crippen molar-refractivity contribution < 1.29 is 9.53 Å². The van der Waals surface area contributed by atoms with E-state index in [0.29, 0.717) is 23.9 Å². The molecule has 5 heteroatoms. The number of benzene rings is 1. The van der Waals surface area contributed by atoms with Gasteiger partial charge >= 0.3 is 6.09 Å². The number of hydrogen-bond donors (Lipinski definition) is 1. The third kappa shape index (κ3) is 1.93. The van der Waals surface area contributed by atoms with Crippen molar-refractivity contribution in [1.29, 1.82) is 0 Å². The SMILES string of the molecule is Cc1cc(N)c(Cl)cc1N1CCCOC1=O. The molecule has 1 amide bonds. The van der Waals surface area contributed by atoms with Gasteiger partial charge in [0, 0.05) is 6.54 Å². The van der Waals surface area contributed by atoms with Crippen LogP contribution in [0.3, 0.4) is 0 Å². The van der Waals surface area contributed by atoms with Gasteiger partial charge in [0.25, 0.3) is 0 Å². The van der Waals surface area contributed by atoms with Crippen molar-refractivity contribution >= 4 is 29.1 Å². The van der Waals surface area contributed by atoms with Gasteiger partial charge in [0.1, 0.15) is 0 Å². The molecule has 4 nitrogen and oxygen atoms in total. The quantitative estimate of drug-likeness (QED) is 0.768. The summed E-state index contributed by atoms with van der Waals surface area (Å²) in [6.07, 6.45) is 0.503. The van der Waals surface area contributed by atoms with Gasteiger partial charge in [0.15, 0.2) is 0 Å². The molecule has 1 aromatic carbocycles. The lowest BCUT2D eigenvalue weighted by atomic mass is 10.1. The summed E-state index contributed by atoms with van der Waals surface area (Å²) in [7, 11) is 0. The highest BCUT2D eigenvalue weighted by Crippen LogP contribution is 2.30. The molecule has 0 aromatic heterocycles. The van der Waals surface area contributed by atoms with Crippen LogP contribution in [0.5, 0.6) is 0 Å². The number of carbonyl (C=O) groups excluding carboxylic acids is 1. The van der Waals surface area contributed by atoms with Crippen molar-refractivity contribution in [2.75, 3.05) is 23.8 Å². The summed E-state index contributed by atoms with van der Waals surface area (Å²) in [5.41, 5.74) is 7.89. The molecule has 0 atom stereocenters. The van der Waals surface area contributed by atoms with E-state index in [4.69, 9.17) is 22.1 Å². The summed E-state index contributed by atoms with van der Waals surface area (Å²) in [6.45, 7) is 3.03. The molecule has 1 fully saturated rings. The molecule has 0 radical (unpaired) electrons. The van der Waals surface area contributed by atoms with Crippen molar-refractivity contribution in [3.05, 3.63) is 22.7 Å². The monoisotopic (exact) mass is 240 g/mol. The smallest absolute Gasteiger partial charge is 0.414 e. The van der Waals surface area contributed by atoms with E-state index in [9.17, 15) is 4.79 Å². The Morgan fingerprint density at radius 1 is 1.50 bits per heavy atom. The van der Waals surface area contributed by atoms with Crippen molar-refractivity contribution in [2.24, 2.45) is 0 Å². The molecule has 0 aliphatic carbocycles. The molecule has 1 aromatic rings. The number of ether oxygens (including phenoxy) is 1. The predicted molar refractivity (Wildman–Crippen MR) is 63.9 cm³/mol. The standard InChI is InChI=1S/C11H13ClN2O2/c1-7-5-9(13)8(12)6-10(7)14-3-2-4-16-11(14)15/h5-6H,2-4,13H2,1H3. The van der Waals surface area contributed by atoms with Crippen LogP contribution in [0.1, 0.15) is 12.0 Å². The zero-order valence-electron chi connectivity index (χ0n) is 9.00. The largest absolute Gasteiger partial charge is 0.449 e. The molecule has 1 aliphatic heterocycles. The van der Waals surface area contributed by atoms with Gasteiger partial charge in [-0.2, -0.15) is 0 Å². The normalized spacial score (nSPS) is 16.1. The second-order valence-corrected chi connectivity index (χ2v) is 4.19. The highest BCUT2D eigenvalue weighted by molar-refractivity contribution is 6.33. The van der Waals surface area contributed by atoms with Crippen LogP contribution in [0, 0.1) is 6.92 Å². The Hall–Kier alpha value is -1.42. The molecule has 0 spiro atoms. The minimum absolute atomic E-state index is 0.324. The summed E-state index contributed by atoms with van der Waals surface area (Å²) in [5, 5.41) is 0.457. The average molecular weight is 241 g/mol. The van der Waals surface area contributed by atoms with Crippen LogP contribution in [0.2, 0.25) is 5.02 Å². The van der Waals surface area contributed by atoms with Crippen molar-refractivity contribution in [2.45, 2.75) is 13.3 Å². The van der Waals surface area contributed by atoms with E-state index in [2.05, 4.69) is 0 Å². The second kappa shape index (κ2) is 4.22. The third-order valence-electron chi connectivity index (χ3n) is 2.58. The maximum Gasteiger partial charge on any atom is 0.414 e. The number of hydrogen-bond acceptors (Lipinski definition) is 3. The average Bonchev–Trinajstić information content (AvgIpc) is 2.25. The Balaban J connectivity index is 2.39. The Morgan fingerprint density at radius 3 is 2.94 bits per heavy atom. The molecule has 0 bridgehead atoms. The maximum absolute atomic E-state index is 11.6. The Labute approximate surface area is 98.9 Å². The Morgan fingerprint density at radius 2 is 2.25 bits per heavy atom. The first-order valence-corrected chi connectivity index (χ1v) is 5.47. The number of cyclic esters (lactones) is 1. The summed E-state index contributed by atoms with van der Waals surface area (Å²) in [4.78, 5) is 13.2. The number of rotatable bonds is 1. The van der Waals surface area contributed by atoms with Crippen LogP contribution in [0.25, 0.3) is 0 Å². The summed E-state index contributed by atoms with van der Waals surface area (Å²) < 4.78 is 4.98. The fourth-order valence-corrected chi connectivity index (χ4v) is 1.91. The third-order valence-corrected chi connectivity index (χ3v) is 2.91. The second-order valence-electron chi connectivity index (χ2n) is 3.78. The van der Waals surface area contributed by atoms with Crippen LogP contribution in [-0.4, -0.2) is 19.2 Å². The fraction of sp³-hybridized carbons (Fsp3) is 0.364. The zero-order valence-corrected chi connectivity index (χ0v) is 9.75. The number of nitrogens with zero attached hydrogens (tertiary/aromatic N) is 1. The Bertz CT molecular complexity index is 434. The minimum atomic E-state index is -0.324. The number of halogens is 1. The summed E-state index contributed by atoms with van der Waals surface area (Å²) in [6, 6.07) is 3.47. The molecule has 1 aliphatic rings. The maximum atomic E-state index is 11.6. The first kappa shape index (κ1) is 11.1. The topological polar surface area (TPSA) is 55.6 Å². The summed E-state index contributed by atoms with van der Waals surface area (Å²) >= 11 is 5.95. The molecule has 1 saturated heterocycles. The number of aryl methyl sites for hydroxylation is 1. The van der Waals surface area contributed by atoms with E-state index >= 15 is 0 Å². The van der Waals surface area contributed by atoms with Crippen LogP contribution in [0.15, 0.2) is 12.1 Å². The molecular formula is C11H13ClN2O2. The minimum Gasteiger partial charge on any atom is -0.449 e. The van der Waals surface area contributed by atoms with Gasteiger partial charge in [-0.25, -0.2) is 4.79 Å². The van der Waals surface area contributed by atoms with E-state index in [-0.39, 0.29) is 6.09 Å². The van der Waals surface area contributed by atoms with Gasteiger partial charge in [-0.1, -0.05) is 11.6 Å². The highest BCUT2D eigenvalue weighted by atomic mass is 35.5. The Kier molecular flexibility index (Phi) is 2.92. The first-order valence-electron chi connectivity index (χ1n) is 5.09. The van der Waals surface area contributed by atoms with Crippen molar-refractivity contribution in [3.8, 4) is 0 Å². The number of nitrogen functional groups attached to an aromatic ring is 1. The van der Waals surface area contributed by atoms with Crippen LogP contribution >= 0.6 is 11.6 Å². The van der Waals surface area contributed by atoms with Crippen molar-refractivity contribution in [1.82, 2.24) is 0 Å². The molecular weight excluding hydrogens is 228 g/mol. The molecule has 0 unspecified atom stereocenters. The molecule has 86 valence electrons. The molecule has 1 heterocycles. The summed E-state index contributed by atoms with van der Waals surface area (Å²) in [5.74, 6) is 0. The fourth-order valence-electron chi connectivity index (χ4n) is 1.75. The first-order chi connectivity index (χ1) is 7.59. The van der Waals surface area contributed by atoms with E-state index in [1.165, 1.54) is 0 Å². The number of nitrogens with two attached hydrogens (primary N) is 1. The number of carbonyl (C=O) groups is 1. The van der Waals surface area contributed by atoms with Gasteiger partial charge in [0.05, 0.1) is 23.0 Å². The van der Waals surface area contributed by atoms with Gasteiger partial charge in [-0.3, -0.25) is 4.90 Å². The molecule has 0 saturated carbocycles. The van der Waals surface area contributed by atoms with Crippen molar-refractivity contribution in [3.63, 3.8) is 0 Å². The van der Waals surface area contributed by atoms with E-state index in [1.807, 2.05) is 6.92 Å². The van der Waals surface area contributed by atoms with E-state index in [0.717, 1.165) is 17.7 Å². The van der Waals surface area contributed by atoms with E-state index in [1.54, 1.807) is 17.0 Å². The zero-order chi connectivity index (χ0) is 11.7. The van der Waals surface area contributed by atoms with Crippen LogP contribution < -0.4 is 10.6 Å². The molecule has 16 heavy (non-hydrogen) atoms. The molecule has 2 rings (SSSR count). The van der Waals surface area contributed by atoms with Gasteiger partial charge in [-0.15, -0.1) is 0 Å². The van der Waals surface area contributed by atoms with E-state index < -0.39 is 0 Å². The van der Waals surface area contributed by atoms with Crippen LogP contribution in [0.4, 0.5) is 16.2 Å². The number of anilines is 2. The van der Waals surface area contributed by atoms with Gasteiger partial charge < -0.3 is 10.5 Å². The van der Waals surface area contributed by atoms with Gasteiger partial charge in [-0.05, 0) is 31.0 Å². The number of amides is 1. The van der Waals surface area contributed by atoms with Gasteiger partial charge in [0.2, 0.25) is 0 Å². The van der Waals surface area contributed by atoms with Crippen LogP contribution in [-0.2, 0) is 4.74 Å².